The summed E-state index contributed by atoms with van der Waals surface area (Å²) >= 11 is 12.0. The molecule has 0 spiro atoms. The number of aryl methyl sites for hydroxylation is 1. The monoisotopic (exact) mass is 400 g/mol. The Kier molecular flexibility index (Phi) is 6.11. The molecule has 5 nitrogen and oxygen atoms in total. The molecule has 0 bridgehead atoms. The minimum Gasteiger partial charge on any atom is -0.337 e. The van der Waals surface area contributed by atoms with Gasteiger partial charge in [-0.2, -0.15) is 0 Å². The Hall–Kier alpha value is -1.60. The fourth-order valence-corrected chi connectivity index (χ4v) is 3.52. The Bertz CT molecular complexity index is 914. The largest absolute Gasteiger partial charge is 0.337 e. The van der Waals surface area contributed by atoms with Gasteiger partial charge in [0, 0.05) is 29.2 Å². The van der Waals surface area contributed by atoms with Crippen molar-refractivity contribution in [3.8, 4) is 0 Å². The van der Waals surface area contributed by atoms with Crippen LogP contribution in [0.2, 0.25) is 10.0 Å². The topological polar surface area (TPSA) is 66.5 Å². The van der Waals surface area contributed by atoms with Crippen LogP contribution in [0.25, 0.3) is 0 Å². The Labute approximate surface area is 157 Å². The predicted octanol–water partition coefficient (Wildman–Crippen LogP) is 3.48. The standard InChI is InChI=1S/C17H18Cl2N2O3S/c1-11-4-7-14(25(23,24)20-2)9-15(11)17(22)21(3)10-12-5-6-13(18)8-16(12)19/h4-9,20H,10H2,1-3H3. The normalized spacial score (nSPS) is 11.4. The lowest BCUT2D eigenvalue weighted by Gasteiger charge is -2.20. The second-order valence-electron chi connectivity index (χ2n) is 5.58. The summed E-state index contributed by atoms with van der Waals surface area (Å²) in [4.78, 5) is 14.3. The van der Waals surface area contributed by atoms with E-state index < -0.39 is 10.0 Å². The first kappa shape index (κ1) is 19.7. The van der Waals surface area contributed by atoms with Gasteiger partial charge in [-0.1, -0.05) is 35.3 Å². The van der Waals surface area contributed by atoms with Gasteiger partial charge in [0.15, 0.2) is 0 Å². The number of benzene rings is 2. The number of nitrogens with one attached hydrogen (secondary N) is 1. The third-order valence-corrected chi connectivity index (χ3v) is 5.79. The van der Waals surface area contributed by atoms with Crippen LogP contribution in [-0.2, 0) is 16.6 Å². The van der Waals surface area contributed by atoms with Crippen LogP contribution in [-0.4, -0.2) is 33.3 Å². The number of amides is 1. The highest BCUT2D eigenvalue weighted by Crippen LogP contribution is 2.23. The third-order valence-electron chi connectivity index (χ3n) is 3.79. The first-order chi connectivity index (χ1) is 11.7. The van der Waals surface area contributed by atoms with E-state index in [1.807, 2.05) is 0 Å². The molecule has 0 aliphatic heterocycles. The van der Waals surface area contributed by atoms with Crippen LogP contribution in [0.5, 0.6) is 0 Å². The molecule has 134 valence electrons. The van der Waals surface area contributed by atoms with Crippen molar-refractivity contribution in [2.75, 3.05) is 14.1 Å². The highest BCUT2D eigenvalue weighted by Gasteiger charge is 2.19. The molecule has 0 unspecified atom stereocenters. The molecule has 8 heteroatoms. The molecule has 0 aromatic heterocycles. The first-order valence-electron chi connectivity index (χ1n) is 7.39. The van der Waals surface area contributed by atoms with E-state index in [9.17, 15) is 13.2 Å². The highest BCUT2D eigenvalue weighted by molar-refractivity contribution is 7.89. The Morgan fingerprint density at radius 2 is 1.84 bits per heavy atom. The van der Waals surface area contributed by atoms with Gasteiger partial charge >= 0.3 is 0 Å². The summed E-state index contributed by atoms with van der Waals surface area (Å²) < 4.78 is 26.2. The number of halogens is 2. The number of nitrogens with zero attached hydrogens (tertiary/aromatic N) is 1. The maximum absolute atomic E-state index is 12.8. The van der Waals surface area contributed by atoms with Crippen LogP contribution in [0.15, 0.2) is 41.3 Å². The van der Waals surface area contributed by atoms with E-state index in [1.165, 1.54) is 24.1 Å². The third kappa shape index (κ3) is 4.52. The number of hydrogen-bond donors (Lipinski definition) is 1. The van der Waals surface area contributed by atoms with Crippen LogP contribution >= 0.6 is 23.2 Å². The zero-order valence-electron chi connectivity index (χ0n) is 14.0. The minimum atomic E-state index is -3.62. The van der Waals surface area contributed by atoms with Crippen molar-refractivity contribution in [1.29, 1.82) is 0 Å². The van der Waals surface area contributed by atoms with Crippen molar-refractivity contribution >= 4 is 39.1 Å². The average Bonchev–Trinajstić information content (AvgIpc) is 2.56. The lowest BCUT2D eigenvalue weighted by atomic mass is 10.1. The molecule has 0 atom stereocenters. The molecule has 2 aromatic carbocycles. The van der Waals surface area contributed by atoms with Crippen LogP contribution in [0.3, 0.4) is 0 Å². The second-order valence-corrected chi connectivity index (χ2v) is 8.31. The number of carbonyl (C=O) groups excluding carboxylic acids is 1. The van der Waals surface area contributed by atoms with Crippen LogP contribution < -0.4 is 4.72 Å². The van der Waals surface area contributed by atoms with Gasteiger partial charge in [0.05, 0.1) is 4.90 Å². The molecule has 0 fully saturated rings. The Morgan fingerprint density at radius 1 is 1.16 bits per heavy atom. The van der Waals surface area contributed by atoms with Gasteiger partial charge in [-0.25, -0.2) is 13.1 Å². The number of carbonyl (C=O) groups is 1. The molecule has 25 heavy (non-hydrogen) atoms. The van der Waals surface area contributed by atoms with E-state index >= 15 is 0 Å². The minimum absolute atomic E-state index is 0.0434. The lowest BCUT2D eigenvalue weighted by molar-refractivity contribution is 0.0784. The lowest BCUT2D eigenvalue weighted by Crippen LogP contribution is -2.27. The van der Waals surface area contributed by atoms with Crippen molar-refractivity contribution in [3.63, 3.8) is 0 Å². The van der Waals surface area contributed by atoms with E-state index in [-0.39, 0.29) is 17.3 Å². The van der Waals surface area contributed by atoms with Gasteiger partial charge in [-0.3, -0.25) is 4.79 Å². The maximum atomic E-state index is 12.8. The number of sulfonamides is 1. The van der Waals surface area contributed by atoms with E-state index in [4.69, 9.17) is 23.2 Å². The van der Waals surface area contributed by atoms with E-state index in [1.54, 1.807) is 38.2 Å². The first-order valence-corrected chi connectivity index (χ1v) is 9.63. The van der Waals surface area contributed by atoms with E-state index in [0.29, 0.717) is 21.2 Å². The van der Waals surface area contributed by atoms with Crippen molar-refractivity contribution in [1.82, 2.24) is 9.62 Å². The van der Waals surface area contributed by atoms with Crippen molar-refractivity contribution < 1.29 is 13.2 Å². The number of rotatable bonds is 5. The molecule has 0 heterocycles. The molecule has 0 aliphatic carbocycles. The molecule has 0 aliphatic rings. The zero-order chi connectivity index (χ0) is 18.8. The second kappa shape index (κ2) is 7.74. The molecular weight excluding hydrogens is 383 g/mol. The van der Waals surface area contributed by atoms with Gasteiger partial charge in [0.25, 0.3) is 5.91 Å². The Morgan fingerprint density at radius 3 is 2.44 bits per heavy atom. The highest BCUT2D eigenvalue weighted by atomic mass is 35.5. The fraction of sp³-hybridized carbons (Fsp3) is 0.235. The SMILES string of the molecule is CNS(=O)(=O)c1ccc(C)c(C(=O)N(C)Cc2ccc(Cl)cc2Cl)c1. The molecule has 0 saturated heterocycles. The molecular formula is C17H18Cl2N2O3S. The molecule has 2 aromatic rings. The van der Waals surface area contributed by atoms with E-state index in [0.717, 1.165) is 5.56 Å². The molecule has 0 radical (unpaired) electrons. The summed E-state index contributed by atoms with van der Waals surface area (Å²) in [6.07, 6.45) is 0. The quantitative estimate of drug-likeness (QED) is 0.834. The van der Waals surface area contributed by atoms with Crippen molar-refractivity contribution in [3.05, 3.63) is 63.1 Å². The molecule has 0 saturated carbocycles. The van der Waals surface area contributed by atoms with Gasteiger partial charge in [0.1, 0.15) is 0 Å². The summed E-state index contributed by atoms with van der Waals surface area (Å²) in [7, 11) is -0.668. The van der Waals surface area contributed by atoms with Crippen molar-refractivity contribution in [2.45, 2.75) is 18.4 Å². The van der Waals surface area contributed by atoms with Crippen LogP contribution in [0, 0.1) is 6.92 Å². The summed E-state index contributed by atoms with van der Waals surface area (Å²) in [5, 5.41) is 0.985. The summed E-state index contributed by atoms with van der Waals surface area (Å²) in [5.74, 6) is -0.295. The predicted molar refractivity (Wildman–Crippen MR) is 99.7 cm³/mol. The Balaban J connectivity index is 2.31. The average molecular weight is 401 g/mol. The van der Waals surface area contributed by atoms with Crippen molar-refractivity contribution in [2.24, 2.45) is 0 Å². The summed E-state index contributed by atoms with van der Waals surface area (Å²) in [6.45, 7) is 2.03. The molecule has 1 N–H and O–H groups in total. The summed E-state index contributed by atoms with van der Waals surface area (Å²) in [5.41, 5.74) is 1.76. The number of hydrogen-bond acceptors (Lipinski definition) is 3. The molecule has 2 rings (SSSR count). The zero-order valence-corrected chi connectivity index (χ0v) is 16.3. The summed E-state index contributed by atoms with van der Waals surface area (Å²) in [6, 6.07) is 9.52. The smallest absolute Gasteiger partial charge is 0.254 e. The van der Waals surface area contributed by atoms with Gasteiger partial charge in [-0.05, 0) is 49.4 Å². The van der Waals surface area contributed by atoms with Crippen LogP contribution in [0.1, 0.15) is 21.5 Å². The molecule has 1 amide bonds. The van der Waals surface area contributed by atoms with Gasteiger partial charge < -0.3 is 4.90 Å². The maximum Gasteiger partial charge on any atom is 0.254 e. The van der Waals surface area contributed by atoms with E-state index in [2.05, 4.69) is 4.72 Å². The van der Waals surface area contributed by atoms with Crippen LogP contribution in [0.4, 0.5) is 0 Å². The fourth-order valence-electron chi connectivity index (χ4n) is 2.30. The van der Waals surface area contributed by atoms with Gasteiger partial charge in [0.2, 0.25) is 10.0 Å². The van der Waals surface area contributed by atoms with Gasteiger partial charge in [-0.15, -0.1) is 0 Å².